The number of ether oxygens (including phenoxy) is 1. The topological polar surface area (TPSA) is 26.3 Å². The zero-order valence-electron chi connectivity index (χ0n) is 10.4. The van der Waals surface area contributed by atoms with E-state index in [0.29, 0.717) is 5.56 Å². The second kappa shape index (κ2) is 3.95. The first-order valence-corrected chi connectivity index (χ1v) is 6.61. The van der Waals surface area contributed by atoms with Crippen LogP contribution in [0.15, 0.2) is 48.5 Å². The molecule has 0 amide bonds. The molecule has 2 aliphatic rings. The molecule has 4 rings (SSSR count). The van der Waals surface area contributed by atoms with Crippen LogP contribution < -0.4 is 0 Å². The molecule has 2 heteroatoms. The van der Waals surface area contributed by atoms with Crippen LogP contribution in [-0.2, 0) is 11.2 Å². The normalized spacial score (nSPS) is 21.1. The van der Waals surface area contributed by atoms with Gasteiger partial charge in [0.1, 0.15) is 0 Å². The Morgan fingerprint density at radius 1 is 0.947 bits per heavy atom. The third kappa shape index (κ3) is 1.53. The van der Waals surface area contributed by atoms with Gasteiger partial charge in [-0.25, -0.2) is 4.79 Å². The van der Waals surface area contributed by atoms with Crippen molar-refractivity contribution in [1.29, 1.82) is 0 Å². The van der Waals surface area contributed by atoms with Crippen LogP contribution in [-0.4, -0.2) is 5.97 Å². The standard InChI is InChI=1S/C17H13O2/c18-17-15-8-4-3-7-13(15)16(19-17)14-10-9-11-5-1-2-6-12(11)14/h1-8,14H,9-10H2. The van der Waals surface area contributed by atoms with Crippen LogP contribution >= 0.6 is 0 Å². The molecule has 1 aliphatic heterocycles. The highest BCUT2D eigenvalue weighted by molar-refractivity contribution is 5.96. The molecule has 0 saturated heterocycles. The fourth-order valence-corrected chi connectivity index (χ4v) is 3.17. The van der Waals surface area contributed by atoms with Gasteiger partial charge in [-0.05, 0) is 30.0 Å². The molecule has 1 aliphatic carbocycles. The molecule has 1 unspecified atom stereocenters. The molecule has 0 bridgehead atoms. The van der Waals surface area contributed by atoms with Crippen molar-refractivity contribution in [1.82, 2.24) is 0 Å². The van der Waals surface area contributed by atoms with Crippen molar-refractivity contribution in [2.75, 3.05) is 0 Å². The maximum atomic E-state index is 11.9. The molecule has 1 radical (unpaired) electrons. The van der Waals surface area contributed by atoms with Crippen LogP contribution in [0.5, 0.6) is 0 Å². The van der Waals surface area contributed by atoms with Crippen molar-refractivity contribution in [2.45, 2.75) is 18.8 Å². The van der Waals surface area contributed by atoms with E-state index in [1.807, 2.05) is 24.3 Å². The lowest BCUT2D eigenvalue weighted by molar-refractivity contribution is 0.0577. The van der Waals surface area contributed by atoms with Crippen molar-refractivity contribution in [2.24, 2.45) is 0 Å². The molecule has 93 valence electrons. The first kappa shape index (κ1) is 10.8. The van der Waals surface area contributed by atoms with Crippen LogP contribution in [0.2, 0.25) is 0 Å². The summed E-state index contributed by atoms with van der Waals surface area (Å²) in [4.78, 5) is 11.9. The summed E-state index contributed by atoms with van der Waals surface area (Å²) in [5.74, 6) is 0.0128. The molecule has 0 fully saturated rings. The van der Waals surface area contributed by atoms with E-state index in [-0.39, 0.29) is 11.9 Å². The molecular weight excluding hydrogens is 236 g/mol. The lowest BCUT2D eigenvalue weighted by Gasteiger charge is -2.17. The van der Waals surface area contributed by atoms with Gasteiger partial charge in [-0.1, -0.05) is 42.5 Å². The van der Waals surface area contributed by atoms with E-state index < -0.39 is 0 Å². The van der Waals surface area contributed by atoms with E-state index in [1.54, 1.807) is 0 Å². The Bertz CT molecular complexity index is 660. The summed E-state index contributed by atoms with van der Waals surface area (Å²) >= 11 is 0. The van der Waals surface area contributed by atoms with Gasteiger partial charge in [-0.2, -0.15) is 0 Å². The van der Waals surface area contributed by atoms with Gasteiger partial charge in [-0.15, -0.1) is 0 Å². The van der Waals surface area contributed by atoms with Crippen LogP contribution in [0, 0.1) is 6.10 Å². The Labute approximate surface area is 112 Å². The van der Waals surface area contributed by atoms with Gasteiger partial charge in [0.05, 0.1) is 5.56 Å². The molecule has 2 aromatic carbocycles. The summed E-state index contributed by atoms with van der Waals surface area (Å²) in [6, 6.07) is 16.1. The number of esters is 1. The van der Waals surface area contributed by atoms with Gasteiger partial charge in [-0.3, -0.25) is 0 Å². The summed E-state index contributed by atoms with van der Waals surface area (Å²) in [5.41, 5.74) is 4.35. The largest absolute Gasteiger partial charge is 0.445 e. The number of rotatable bonds is 1. The predicted molar refractivity (Wildman–Crippen MR) is 71.7 cm³/mol. The maximum absolute atomic E-state index is 11.9. The molecule has 2 aromatic rings. The van der Waals surface area contributed by atoms with Crippen LogP contribution in [0.1, 0.15) is 39.4 Å². The second-order valence-corrected chi connectivity index (χ2v) is 5.09. The number of cyclic esters (lactones) is 1. The van der Waals surface area contributed by atoms with Gasteiger partial charge >= 0.3 is 5.97 Å². The first-order valence-electron chi connectivity index (χ1n) is 6.61. The number of benzene rings is 2. The van der Waals surface area contributed by atoms with Crippen LogP contribution in [0.3, 0.4) is 0 Å². The lowest BCUT2D eigenvalue weighted by Crippen LogP contribution is -2.09. The molecular formula is C17H13O2. The Hall–Kier alpha value is -2.09. The van der Waals surface area contributed by atoms with Crippen LogP contribution in [0.25, 0.3) is 0 Å². The Balaban J connectivity index is 1.78. The summed E-state index contributed by atoms with van der Waals surface area (Å²) < 4.78 is 5.55. The number of carbonyl (C=O) groups is 1. The number of fused-ring (bicyclic) bond motifs is 2. The molecule has 1 atom stereocenters. The SMILES string of the molecule is O=C1O[C](C2CCc3ccccc32)c2ccccc21. The molecule has 0 N–H and O–H groups in total. The Morgan fingerprint density at radius 3 is 2.58 bits per heavy atom. The lowest BCUT2D eigenvalue weighted by atomic mass is 9.90. The maximum Gasteiger partial charge on any atom is 0.339 e. The quantitative estimate of drug-likeness (QED) is 0.723. The molecule has 1 heterocycles. The minimum absolute atomic E-state index is 0.213. The average molecular weight is 249 g/mol. The summed E-state index contributed by atoms with van der Waals surface area (Å²) in [6.07, 6.45) is 2.92. The van der Waals surface area contributed by atoms with Crippen molar-refractivity contribution in [3.05, 3.63) is 76.9 Å². The van der Waals surface area contributed by atoms with Crippen molar-refractivity contribution >= 4 is 5.97 Å². The Kier molecular flexibility index (Phi) is 2.25. The Morgan fingerprint density at radius 2 is 1.68 bits per heavy atom. The van der Waals surface area contributed by atoms with E-state index in [0.717, 1.165) is 24.5 Å². The van der Waals surface area contributed by atoms with Gasteiger partial charge in [0.2, 0.25) is 0 Å². The minimum atomic E-state index is -0.213. The van der Waals surface area contributed by atoms with Gasteiger partial charge < -0.3 is 4.74 Å². The minimum Gasteiger partial charge on any atom is -0.445 e. The van der Waals surface area contributed by atoms with E-state index in [4.69, 9.17) is 4.74 Å². The second-order valence-electron chi connectivity index (χ2n) is 5.09. The number of aryl methyl sites for hydroxylation is 1. The van der Waals surface area contributed by atoms with Gasteiger partial charge in [0, 0.05) is 11.5 Å². The first-order chi connectivity index (χ1) is 9.34. The fourth-order valence-electron chi connectivity index (χ4n) is 3.17. The molecule has 0 spiro atoms. The summed E-state index contributed by atoms with van der Waals surface area (Å²) in [5, 5.41) is 0. The highest BCUT2D eigenvalue weighted by Gasteiger charge is 2.40. The molecule has 2 nitrogen and oxygen atoms in total. The van der Waals surface area contributed by atoms with E-state index in [9.17, 15) is 4.79 Å². The summed E-state index contributed by atoms with van der Waals surface area (Å²) in [7, 11) is 0. The molecule has 19 heavy (non-hydrogen) atoms. The highest BCUT2D eigenvalue weighted by atomic mass is 16.5. The van der Waals surface area contributed by atoms with Gasteiger partial charge in [0.15, 0.2) is 6.10 Å². The summed E-state index contributed by atoms with van der Waals surface area (Å²) in [6.45, 7) is 0. The van der Waals surface area contributed by atoms with Gasteiger partial charge in [0.25, 0.3) is 0 Å². The van der Waals surface area contributed by atoms with Crippen molar-refractivity contribution in [3.63, 3.8) is 0 Å². The number of carbonyl (C=O) groups excluding carboxylic acids is 1. The van der Waals surface area contributed by atoms with Crippen LogP contribution in [0.4, 0.5) is 0 Å². The molecule has 0 aromatic heterocycles. The van der Waals surface area contributed by atoms with E-state index >= 15 is 0 Å². The van der Waals surface area contributed by atoms with E-state index in [2.05, 4.69) is 24.3 Å². The third-order valence-electron chi connectivity index (χ3n) is 4.06. The van der Waals surface area contributed by atoms with E-state index in [1.165, 1.54) is 11.1 Å². The van der Waals surface area contributed by atoms with Crippen molar-refractivity contribution in [3.8, 4) is 0 Å². The zero-order valence-corrected chi connectivity index (χ0v) is 10.4. The number of hydrogen-bond acceptors (Lipinski definition) is 2. The average Bonchev–Trinajstić information content (AvgIpc) is 3.01. The number of hydrogen-bond donors (Lipinski definition) is 0. The van der Waals surface area contributed by atoms with Crippen molar-refractivity contribution < 1.29 is 9.53 Å². The fraction of sp³-hybridized carbons (Fsp3) is 0.176. The third-order valence-corrected chi connectivity index (χ3v) is 4.06. The predicted octanol–water partition coefficient (Wildman–Crippen LogP) is 3.47. The smallest absolute Gasteiger partial charge is 0.339 e. The zero-order chi connectivity index (χ0) is 12.8. The molecule has 0 saturated carbocycles. The monoisotopic (exact) mass is 249 g/mol. The highest BCUT2D eigenvalue weighted by Crippen LogP contribution is 2.46.